The van der Waals surface area contributed by atoms with E-state index in [0.717, 1.165) is 85.4 Å². The van der Waals surface area contributed by atoms with E-state index in [1.54, 1.807) is 14.7 Å². The normalized spacial score (nSPS) is 21.4. The highest BCUT2D eigenvalue weighted by atomic mass is 35.5. The van der Waals surface area contributed by atoms with Gasteiger partial charge in [0.15, 0.2) is 23.1 Å². The second-order valence-corrected chi connectivity index (χ2v) is 34.7. The lowest BCUT2D eigenvalue weighted by Gasteiger charge is -2.33. The fourth-order valence-corrected chi connectivity index (χ4v) is 14.8. The number of amides is 3. The number of Topliss-reactive ketones (excluding diaryl/α,β-unsaturated/α-hetero) is 6. The number of hydrogen-bond acceptors (Lipinski definition) is 18. The number of allylic oxidation sites excluding steroid dienone is 2. The van der Waals surface area contributed by atoms with Gasteiger partial charge in [-0.25, -0.2) is 14.4 Å². The van der Waals surface area contributed by atoms with Crippen molar-refractivity contribution in [3.8, 4) is 0 Å². The molecular formula is C80H126ClN5O17. The number of rotatable bonds is 12. The Kier molecular flexibility index (Phi) is 33.2. The number of ketones is 6. The molecule has 23 heteroatoms. The Balaban J connectivity index is 0.000000238. The van der Waals surface area contributed by atoms with Crippen LogP contribution in [0, 0.1) is 71.0 Å². The molecule has 3 saturated heterocycles. The number of halogens is 1. The highest BCUT2D eigenvalue weighted by molar-refractivity contribution is 6.22. The van der Waals surface area contributed by atoms with Gasteiger partial charge in [-0.05, 0) is 185 Å². The molecule has 10 rings (SSSR count). The van der Waals surface area contributed by atoms with Crippen LogP contribution in [0.1, 0.15) is 290 Å². The molecule has 103 heavy (non-hydrogen) atoms. The largest absolute Gasteiger partial charge is 0.511 e. The average molecular weight is 1470 g/mol. The van der Waals surface area contributed by atoms with E-state index < -0.39 is 22.8 Å². The van der Waals surface area contributed by atoms with E-state index in [1.165, 1.54) is 32.1 Å². The van der Waals surface area contributed by atoms with Crippen LogP contribution in [0.2, 0.25) is 0 Å². The number of ether oxygens (including phenoxy) is 3. The number of likely N-dealkylation sites (tertiary alicyclic amines) is 3. The molecule has 580 valence electrons. The molecular weight excluding hydrogens is 1340 g/mol. The highest BCUT2D eigenvalue weighted by Gasteiger charge is 2.39. The van der Waals surface area contributed by atoms with Crippen molar-refractivity contribution < 1.29 is 81.4 Å². The number of carboxylic acid groups (broad SMARTS) is 1. The number of hydrogen-bond donors (Lipinski definition) is 2. The highest BCUT2D eigenvalue weighted by Crippen LogP contribution is 2.38. The van der Waals surface area contributed by atoms with Crippen LogP contribution < -0.4 is 0 Å². The van der Waals surface area contributed by atoms with Crippen LogP contribution in [-0.4, -0.2) is 150 Å². The Morgan fingerprint density at radius 3 is 1.06 bits per heavy atom. The first-order valence-electron chi connectivity index (χ1n) is 38.3. The Bertz CT molecular complexity index is 3180. The van der Waals surface area contributed by atoms with E-state index in [4.69, 9.17) is 28.4 Å². The summed E-state index contributed by atoms with van der Waals surface area (Å²) < 4.78 is 27.2. The van der Waals surface area contributed by atoms with Crippen molar-refractivity contribution in [1.29, 1.82) is 0 Å². The lowest BCUT2D eigenvalue weighted by Crippen LogP contribution is -2.42. The van der Waals surface area contributed by atoms with E-state index in [1.807, 2.05) is 76.2 Å². The number of fused-ring (bicyclic) bond motifs is 2. The molecule has 8 aliphatic rings. The molecule has 6 fully saturated rings. The van der Waals surface area contributed by atoms with E-state index in [9.17, 15) is 53.1 Å². The molecule has 3 saturated carbocycles. The summed E-state index contributed by atoms with van der Waals surface area (Å²) in [7, 11) is 0. The van der Waals surface area contributed by atoms with Gasteiger partial charge in [-0.3, -0.25) is 33.6 Å². The van der Waals surface area contributed by atoms with Crippen molar-refractivity contribution in [2.45, 2.75) is 289 Å². The fourth-order valence-electron chi connectivity index (χ4n) is 14.8. The lowest BCUT2D eigenvalue weighted by atomic mass is 9.77. The summed E-state index contributed by atoms with van der Waals surface area (Å²) >= 11 is 0. The number of aliphatic hydroxyl groups excluding tert-OH is 1. The minimum atomic E-state index is -0.763. The quantitative estimate of drug-likeness (QED) is 0.0656. The van der Waals surface area contributed by atoms with E-state index in [-0.39, 0.29) is 113 Å². The molecule has 0 aromatic carbocycles. The first-order valence-corrected chi connectivity index (χ1v) is 38.3. The SMILES string of the molecule is CC(C)(C)OC(=O)N1CCC(CC(=O)O)CC1.CC(C)C1CC(=O)C(=C(O)CC2CCN(C(=O)OC(C)(C)C)CC2)C(=O)C1.CC(C)C1CC(=O)CC(=O)C1.CC(C)C1CC(=O)c2c(noc2CC2CCCCC2)C1.CC(C)C1CC(=O)c2c(noc2CC2CCN(C(=O)OC(C)(C)C)CC2)C1.Cl. The number of carbonyl (C=O) groups excluding carboxylic acids is 9. The number of nitrogens with zero attached hydrogens (tertiary/aromatic N) is 5. The van der Waals surface area contributed by atoms with Crippen molar-refractivity contribution >= 4 is 71.4 Å². The lowest BCUT2D eigenvalue weighted by molar-refractivity contribution is -0.138. The van der Waals surface area contributed by atoms with Crippen molar-refractivity contribution in [3.05, 3.63) is 45.4 Å². The molecule has 0 bridgehead atoms. The van der Waals surface area contributed by atoms with E-state index >= 15 is 0 Å². The minimum Gasteiger partial charge on any atom is -0.511 e. The molecule has 0 radical (unpaired) electrons. The van der Waals surface area contributed by atoms with E-state index in [2.05, 4.69) is 51.9 Å². The second kappa shape index (κ2) is 39.2. The number of piperidine rings is 3. The summed E-state index contributed by atoms with van der Waals surface area (Å²) in [5.41, 5.74) is 1.88. The van der Waals surface area contributed by atoms with Crippen LogP contribution in [0.4, 0.5) is 14.4 Å². The molecule has 2 aromatic heterocycles. The zero-order valence-corrected chi connectivity index (χ0v) is 66.1. The molecule has 5 aliphatic carbocycles. The van der Waals surface area contributed by atoms with Crippen LogP contribution in [0.15, 0.2) is 20.4 Å². The van der Waals surface area contributed by atoms with Crippen LogP contribution in [0.25, 0.3) is 0 Å². The Morgan fingerprint density at radius 2 is 0.728 bits per heavy atom. The third kappa shape index (κ3) is 28.1. The van der Waals surface area contributed by atoms with Gasteiger partial charge in [-0.15, -0.1) is 12.4 Å². The maximum absolute atomic E-state index is 12.6. The molecule has 2 atom stereocenters. The van der Waals surface area contributed by atoms with Gasteiger partial charge in [0.1, 0.15) is 45.6 Å². The summed E-state index contributed by atoms with van der Waals surface area (Å²) in [4.78, 5) is 123. The van der Waals surface area contributed by atoms with Gasteiger partial charge in [0.25, 0.3) is 0 Å². The standard InChI is InChI=1S/C21H32N2O4.C21H33NO5.C17H25NO2.C12H21NO4.C9H14O2.ClH/c1-13(2)15-11-16-19(17(24)12-15)18(27-22-16)10-14-6-8-23(9-7-14)20(25)26-21(3,4)5;1-13(2)15-11-17(24)19(18(25)12-15)16(23)10-14-6-8-22(9-7-14)20(26)27-21(3,4)5;1-11(2)13-9-14-17(15(19)10-13)16(20-18-14)8-12-6-4-3-5-7-12;1-12(2,3)17-11(16)13-6-4-9(5-7-13)8-10(14)15;1-6(2)7-3-8(10)5-9(11)4-7;/h13-15H,6-12H2,1-5H3;13-15,23H,6-12H2,1-5H3;11-13H,3-10H2,1-2H3;9H,4-8H2,1-3H3,(H,14,15);6-7H,3-5H2,1-2H3;1H. The van der Waals surface area contributed by atoms with Crippen LogP contribution >= 0.6 is 12.4 Å². The molecule has 3 aliphatic heterocycles. The third-order valence-electron chi connectivity index (χ3n) is 21.3. The van der Waals surface area contributed by atoms with Gasteiger partial charge in [0.2, 0.25) is 0 Å². The summed E-state index contributed by atoms with van der Waals surface area (Å²) in [5, 5.41) is 27.6. The average Bonchev–Trinajstić information content (AvgIpc) is 1.66. The summed E-state index contributed by atoms with van der Waals surface area (Å²) in [6.45, 7) is 37.1. The third-order valence-corrected chi connectivity index (χ3v) is 21.3. The molecule has 2 unspecified atom stereocenters. The topological polar surface area (TPSA) is 301 Å². The number of aliphatic hydroxyl groups is 1. The van der Waals surface area contributed by atoms with Gasteiger partial charge in [-0.2, -0.15) is 0 Å². The summed E-state index contributed by atoms with van der Waals surface area (Å²) in [6.07, 6.45) is 17.6. The fraction of sp³-hybridized carbons (Fsp3) is 0.775. The Labute approximate surface area is 619 Å². The van der Waals surface area contributed by atoms with Crippen LogP contribution in [0.3, 0.4) is 0 Å². The molecule has 22 nitrogen and oxygen atoms in total. The number of carbonyl (C=O) groups is 10. The number of aromatic nitrogens is 2. The molecule has 2 N–H and O–H groups in total. The molecule has 2 aromatic rings. The van der Waals surface area contributed by atoms with Crippen molar-refractivity contribution in [2.75, 3.05) is 39.3 Å². The number of aliphatic carboxylic acids is 1. The first-order chi connectivity index (χ1) is 47.6. The first kappa shape index (κ1) is 87.2. The van der Waals surface area contributed by atoms with Gasteiger partial charge in [0, 0.05) is 103 Å². The molecule has 0 spiro atoms. The summed E-state index contributed by atoms with van der Waals surface area (Å²) in [5.74, 6) is 5.36. The van der Waals surface area contributed by atoms with Crippen LogP contribution in [0.5, 0.6) is 0 Å². The monoisotopic (exact) mass is 1460 g/mol. The maximum Gasteiger partial charge on any atom is 0.410 e. The molecule has 3 amide bonds. The summed E-state index contributed by atoms with van der Waals surface area (Å²) in [6, 6.07) is 0. The maximum atomic E-state index is 12.6. The van der Waals surface area contributed by atoms with Crippen LogP contribution in [-0.2, 0) is 63.9 Å². The van der Waals surface area contributed by atoms with Gasteiger partial charge in [-0.1, -0.05) is 97.8 Å². The predicted octanol–water partition coefficient (Wildman–Crippen LogP) is 16.6. The second-order valence-electron chi connectivity index (χ2n) is 34.7. The van der Waals surface area contributed by atoms with Gasteiger partial charge < -0.3 is 48.2 Å². The van der Waals surface area contributed by atoms with Gasteiger partial charge >= 0.3 is 24.2 Å². The minimum absolute atomic E-state index is 0. The van der Waals surface area contributed by atoms with Gasteiger partial charge in [0.05, 0.1) is 34.5 Å². The number of carboxylic acids is 1. The Hall–Kier alpha value is -6.45. The smallest absolute Gasteiger partial charge is 0.410 e. The predicted molar refractivity (Wildman–Crippen MR) is 394 cm³/mol. The zero-order chi connectivity index (χ0) is 75.7. The zero-order valence-electron chi connectivity index (χ0n) is 65.3. The van der Waals surface area contributed by atoms with Crippen molar-refractivity contribution in [3.63, 3.8) is 0 Å². The Morgan fingerprint density at radius 1 is 0.427 bits per heavy atom. The van der Waals surface area contributed by atoms with Crippen molar-refractivity contribution in [1.82, 2.24) is 25.0 Å². The van der Waals surface area contributed by atoms with Crippen molar-refractivity contribution in [2.24, 2.45) is 71.0 Å². The molecule has 5 heterocycles. The van der Waals surface area contributed by atoms with E-state index in [0.29, 0.717) is 144 Å².